The third-order valence-corrected chi connectivity index (χ3v) is 2.62. The highest BCUT2D eigenvalue weighted by atomic mass is 14.5. The molecule has 1 aromatic rings. The van der Waals surface area contributed by atoms with Gasteiger partial charge in [-0.1, -0.05) is 43.7 Å². The minimum Gasteiger partial charge on any atom is -0.330 e. The molecule has 78 valence electrons. The van der Waals surface area contributed by atoms with E-state index in [1.807, 2.05) is 0 Å². The van der Waals surface area contributed by atoms with E-state index in [2.05, 4.69) is 45.0 Å². The van der Waals surface area contributed by atoms with Crippen LogP contribution in [0.3, 0.4) is 0 Å². The smallest absolute Gasteiger partial charge is 0.00721 e. The maximum absolute atomic E-state index is 5.59. The molecule has 0 aliphatic heterocycles. The molecule has 0 saturated carbocycles. The molecule has 0 heterocycles. The molecular weight excluding hydrogens is 170 g/mol. The first-order valence-corrected chi connectivity index (χ1v) is 5.29. The Hall–Kier alpha value is -0.820. The zero-order valence-electron chi connectivity index (χ0n) is 9.51. The second-order valence-corrected chi connectivity index (χ2v) is 4.87. The van der Waals surface area contributed by atoms with Crippen molar-refractivity contribution in [3.8, 4) is 0 Å². The summed E-state index contributed by atoms with van der Waals surface area (Å²) in [6.45, 7) is 7.45. The standard InChI is InChI=1S/C13H21N/c1-11-4-6-12(7-5-11)10-13(2,3)8-9-14/h4-7H,8-10,14H2,1-3H3. The highest BCUT2D eigenvalue weighted by Crippen LogP contribution is 2.25. The van der Waals surface area contributed by atoms with Crippen LogP contribution < -0.4 is 5.73 Å². The first kappa shape index (κ1) is 11.3. The van der Waals surface area contributed by atoms with Crippen LogP contribution in [0.25, 0.3) is 0 Å². The Bertz CT molecular complexity index is 272. The van der Waals surface area contributed by atoms with Gasteiger partial charge in [0.1, 0.15) is 0 Å². The lowest BCUT2D eigenvalue weighted by molar-refractivity contribution is 0.339. The van der Waals surface area contributed by atoms with Gasteiger partial charge in [0, 0.05) is 0 Å². The number of hydrogen-bond acceptors (Lipinski definition) is 1. The second-order valence-electron chi connectivity index (χ2n) is 4.87. The third-order valence-electron chi connectivity index (χ3n) is 2.62. The van der Waals surface area contributed by atoms with Crippen molar-refractivity contribution in [2.24, 2.45) is 11.1 Å². The predicted octanol–water partition coefficient (Wildman–Crippen LogP) is 2.91. The Labute approximate surface area is 87.3 Å². The fourth-order valence-corrected chi connectivity index (χ4v) is 1.74. The molecule has 14 heavy (non-hydrogen) atoms. The van der Waals surface area contributed by atoms with E-state index in [-0.39, 0.29) is 0 Å². The quantitative estimate of drug-likeness (QED) is 0.778. The Kier molecular flexibility index (Phi) is 3.70. The molecule has 0 unspecified atom stereocenters. The molecule has 0 radical (unpaired) electrons. The number of hydrogen-bond donors (Lipinski definition) is 1. The molecule has 1 rings (SSSR count). The van der Waals surface area contributed by atoms with E-state index in [4.69, 9.17) is 5.73 Å². The van der Waals surface area contributed by atoms with Crippen molar-refractivity contribution in [2.75, 3.05) is 6.54 Å². The van der Waals surface area contributed by atoms with Gasteiger partial charge < -0.3 is 5.73 Å². The molecule has 0 fully saturated rings. The second kappa shape index (κ2) is 4.61. The van der Waals surface area contributed by atoms with Crippen LogP contribution in [0.15, 0.2) is 24.3 Å². The van der Waals surface area contributed by atoms with Crippen LogP contribution in [-0.2, 0) is 6.42 Å². The van der Waals surface area contributed by atoms with Gasteiger partial charge in [-0.2, -0.15) is 0 Å². The zero-order chi connectivity index (χ0) is 10.6. The first-order chi connectivity index (χ1) is 6.53. The lowest BCUT2D eigenvalue weighted by Gasteiger charge is -2.23. The number of benzene rings is 1. The van der Waals surface area contributed by atoms with Crippen LogP contribution in [-0.4, -0.2) is 6.54 Å². The van der Waals surface area contributed by atoms with Gasteiger partial charge in [-0.15, -0.1) is 0 Å². The zero-order valence-corrected chi connectivity index (χ0v) is 9.51. The summed E-state index contributed by atoms with van der Waals surface area (Å²) >= 11 is 0. The summed E-state index contributed by atoms with van der Waals surface area (Å²) in [5.74, 6) is 0. The molecule has 0 saturated heterocycles. The van der Waals surface area contributed by atoms with E-state index in [0.717, 1.165) is 19.4 Å². The van der Waals surface area contributed by atoms with Crippen LogP contribution in [0.4, 0.5) is 0 Å². The fraction of sp³-hybridized carbons (Fsp3) is 0.538. The monoisotopic (exact) mass is 191 g/mol. The van der Waals surface area contributed by atoms with Crippen molar-refractivity contribution >= 4 is 0 Å². The Morgan fingerprint density at radius 1 is 1.14 bits per heavy atom. The van der Waals surface area contributed by atoms with Crippen LogP contribution >= 0.6 is 0 Å². The van der Waals surface area contributed by atoms with E-state index >= 15 is 0 Å². The van der Waals surface area contributed by atoms with Crippen molar-refractivity contribution < 1.29 is 0 Å². The van der Waals surface area contributed by atoms with Crippen LogP contribution in [0.2, 0.25) is 0 Å². The van der Waals surface area contributed by atoms with Crippen molar-refractivity contribution in [1.82, 2.24) is 0 Å². The third kappa shape index (κ3) is 3.51. The van der Waals surface area contributed by atoms with Gasteiger partial charge >= 0.3 is 0 Å². The SMILES string of the molecule is Cc1ccc(CC(C)(C)CCN)cc1. The van der Waals surface area contributed by atoms with E-state index in [0.29, 0.717) is 5.41 Å². The molecule has 0 spiro atoms. The lowest BCUT2D eigenvalue weighted by atomic mass is 9.82. The molecule has 1 nitrogen and oxygen atoms in total. The Balaban J connectivity index is 2.64. The van der Waals surface area contributed by atoms with Gasteiger partial charge in [0.05, 0.1) is 0 Å². The highest BCUT2D eigenvalue weighted by molar-refractivity contribution is 5.22. The van der Waals surface area contributed by atoms with Crippen molar-refractivity contribution in [2.45, 2.75) is 33.6 Å². The van der Waals surface area contributed by atoms with Crippen molar-refractivity contribution in [3.05, 3.63) is 35.4 Å². The highest BCUT2D eigenvalue weighted by Gasteiger charge is 2.16. The van der Waals surface area contributed by atoms with Gasteiger partial charge in [-0.05, 0) is 37.3 Å². The fourth-order valence-electron chi connectivity index (χ4n) is 1.74. The van der Waals surface area contributed by atoms with Crippen LogP contribution in [0.5, 0.6) is 0 Å². The molecule has 0 aliphatic carbocycles. The average molecular weight is 191 g/mol. The number of aryl methyl sites for hydroxylation is 1. The topological polar surface area (TPSA) is 26.0 Å². The number of nitrogens with two attached hydrogens (primary N) is 1. The van der Waals surface area contributed by atoms with Gasteiger partial charge in [-0.25, -0.2) is 0 Å². The first-order valence-electron chi connectivity index (χ1n) is 5.29. The van der Waals surface area contributed by atoms with E-state index in [1.165, 1.54) is 11.1 Å². The maximum Gasteiger partial charge on any atom is -0.00721 e. The summed E-state index contributed by atoms with van der Waals surface area (Å²) < 4.78 is 0. The van der Waals surface area contributed by atoms with E-state index < -0.39 is 0 Å². The minimum atomic E-state index is 0.323. The average Bonchev–Trinajstić information content (AvgIpc) is 2.08. The Morgan fingerprint density at radius 3 is 2.21 bits per heavy atom. The molecule has 2 N–H and O–H groups in total. The van der Waals surface area contributed by atoms with Gasteiger partial charge in [-0.3, -0.25) is 0 Å². The van der Waals surface area contributed by atoms with Gasteiger partial charge in [0.2, 0.25) is 0 Å². The summed E-state index contributed by atoms with van der Waals surface area (Å²) in [7, 11) is 0. The summed E-state index contributed by atoms with van der Waals surface area (Å²) in [6, 6.07) is 8.78. The van der Waals surface area contributed by atoms with E-state index in [9.17, 15) is 0 Å². The molecule has 1 aromatic carbocycles. The van der Waals surface area contributed by atoms with Gasteiger partial charge in [0.25, 0.3) is 0 Å². The summed E-state index contributed by atoms with van der Waals surface area (Å²) in [5, 5.41) is 0. The molecule has 0 bridgehead atoms. The molecule has 0 amide bonds. The van der Waals surface area contributed by atoms with Crippen molar-refractivity contribution in [1.29, 1.82) is 0 Å². The Morgan fingerprint density at radius 2 is 1.71 bits per heavy atom. The molecule has 1 heteroatoms. The minimum absolute atomic E-state index is 0.323. The maximum atomic E-state index is 5.59. The molecule has 0 aromatic heterocycles. The van der Waals surface area contributed by atoms with E-state index in [1.54, 1.807) is 0 Å². The van der Waals surface area contributed by atoms with Gasteiger partial charge in [0.15, 0.2) is 0 Å². The van der Waals surface area contributed by atoms with Crippen molar-refractivity contribution in [3.63, 3.8) is 0 Å². The number of rotatable bonds is 4. The molecule has 0 aliphatic rings. The predicted molar refractivity (Wildman–Crippen MR) is 62.3 cm³/mol. The summed E-state index contributed by atoms with van der Waals surface area (Å²) in [4.78, 5) is 0. The van der Waals surface area contributed by atoms with Crippen LogP contribution in [0, 0.1) is 12.3 Å². The molecular formula is C13H21N. The largest absolute Gasteiger partial charge is 0.330 e. The summed E-state index contributed by atoms with van der Waals surface area (Å²) in [5.41, 5.74) is 8.65. The lowest BCUT2D eigenvalue weighted by Crippen LogP contribution is -2.19. The summed E-state index contributed by atoms with van der Waals surface area (Å²) in [6.07, 6.45) is 2.20. The van der Waals surface area contributed by atoms with Crippen LogP contribution in [0.1, 0.15) is 31.4 Å². The normalized spacial score (nSPS) is 11.7. The molecule has 0 atom stereocenters.